The molecule has 0 unspecified atom stereocenters. The number of anilines is 1. The number of benzene rings is 2. The molecule has 2 aromatic rings. The van der Waals surface area contributed by atoms with Gasteiger partial charge in [0.05, 0.1) is 0 Å². The van der Waals surface area contributed by atoms with E-state index in [-0.39, 0.29) is 12.3 Å². The molecule has 144 valence electrons. The van der Waals surface area contributed by atoms with Crippen LogP contribution >= 0.6 is 0 Å². The second-order valence-electron chi connectivity index (χ2n) is 6.92. The summed E-state index contributed by atoms with van der Waals surface area (Å²) in [4.78, 5) is 26.2. The van der Waals surface area contributed by atoms with Crippen LogP contribution in [0.25, 0.3) is 0 Å². The van der Waals surface area contributed by atoms with E-state index in [1.807, 2.05) is 0 Å². The van der Waals surface area contributed by atoms with Gasteiger partial charge in [0, 0.05) is 11.2 Å². The largest absolute Gasteiger partial charge is 0.481 e. The molecule has 27 heavy (non-hydrogen) atoms. The van der Waals surface area contributed by atoms with Crippen molar-refractivity contribution in [1.82, 2.24) is 4.90 Å². The van der Waals surface area contributed by atoms with Crippen molar-refractivity contribution < 1.29 is 23.1 Å². The summed E-state index contributed by atoms with van der Waals surface area (Å²) in [6.45, 7) is 4.71. The van der Waals surface area contributed by atoms with Crippen LogP contribution in [-0.2, 0) is 9.59 Å². The molecule has 0 atom stereocenters. The van der Waals surface area contributed by atoms with Gasteiger partial charge in [0.1, 0.15) is 12.4 Å². The Balaban J connectivity index is 2.01. The van der Waals surface area contributed by atoms with Gasteiger partial charge in [-0.15, -0.1) is 0 Å². The van der Waals surface area contributed by atoms with Gasteiger partial charge >= 0.3 is 0 Å². The first-order chi connectivity index (χ1) is 12.7. The van der Waals surface area contributed by atoms with E-state index in [2.05, 4.69) is 5.32 Å². The number of carbonyl (C=O) groups excluding carboxylic acids is 2. The zero-order valence-electron chi connectivity index (χ0n) is 15.5. The summed E-state index contributed by atoms with van der Waals surface area (Å²) in [5.41, 5.74) is -0.235. The number of ether oxygens (including phenoxy) is 1. The molecule has 0 aliphatic heterocycles. The summed E-state index contributed by atoms with van der Waals surface area (Å²) in [5, 5.41) is 2.61. The van der Waals surface area contributed by atoms with E-state index in [1.54, 1.807) is 26.8 Å². The number of amides is 2. The first-order valence-corrected chi connectivity index (χ1v) is 8.40. The van der Waals surface area contributed by atoms with Gasteiger partial charge in [-0.1, -0.05) is 12.1 Å². The van der Waals surface area contributed by atoms with E-state index in [4.69, 9.17) is 4.74 Å². The normalized spacial score (nSPS) is 11.0. The lowest BCUT2D eigenvalue weighted by Crippen LogP contribution is -2.51. The lowest BCUT2D eigenvalue weighted by molar-refractivity contribution is -0.141. The second-order valence-corrected chi connectivity index (χ2v) is 6.92. The number of nitrogens with one attached hydrogen (secondary N) is 1. The number of rotatable bonds is 6. The van der Waals surface area contributed by atoms with Gasteiger partial charge in [-0.25, -0.2) is 8.78 Å². The maximum absolute atomic E-state index is 13.6. The van der Waals surface area contributed by atoms with Crippen molar-refractivity contribution in [3.63, 3.8) is 0 Å². The van der Waals surface area contributed by atoms with Gasteiger partial charge in [0.15, 0.2) is 18.2 Å². The quantitative estimate of drug-likeness (QED) is 0.838. The van der Waals surface area contributed by atoms with Crippen LogP contribution in [0.1, 0.15) is 20.8 Å². The Labute approximate surface area is 156 Å². The summed E-state index contributed by atoms with van der Waals surface area (Å²) in [5.74, 6) is -1.90. The molecule has 0 aromatic heterocycles. The first kappa shape index (κ1) is 20.4. The Morgan fingerprint density at radius 2 is 1.67 bits per heavy atom. The molecule has 2 aromatic carbocycles. The van der Waals surface area contributed by atoms with Gasteiger partial charge in [-0.2, -0.15) is 0 Å². The molecular weight excluding hydrogens is 354 g/mol. The average Bonchev–Trinajstić information content (AvgIpc) is 2.60. The minimum Gasteiger partial charge on any atom is -0.481 e. The zero-order chi connectivity index (χ0) is 20.0. The molecule has 0 bridgehead atoms. The van der Waals surface area contributed by atoms with Crippen LogP contribution in [-0.4, -0.2) is 35.4 Å². The molecule has 0 saturated heterocycles. The minimum absolute atomic E-state index is 0.0320. The SMILES string of the molecule is CC(C)(C)N(CC(=O)Nc1ccc(F)cc1)C(=O)COc1ccccc1F. The molecule has 0 aliphatic carbocycles. The molecule has 0 radical (unpaired) electrons. The predicted octanol–water partition coefficient (Wildman–Crippen LogP) is 3.61. The maximum Gasteiger partial charge on any atom is 0.261 e. The van der Waals surface area contributed by atoms with Crippen molar-refractivity contribution in [1.29, 1.82) is 0 Å². The van der Waals surface area contributed by atoms with E-state index in [9.17, 15) is 18.4 Å². The van der Waals surface area contributed by atoms with Gasteiger partial charge in [-0.3, -0.25) is 9.59 Å². The van der Waals surface area contributed by atoms with E-state index in [0.29, 0.717) is 5.69 Å². The number of hydrogen-bond acceptors (Lipinski definition) is 3. The Hall–Kier alpha value is -2.96. The van der Waals surface area contributed by atoms with Crippen LogP contribution in [0.5, 0.6) is 5.75 Å². The van der Waals surface area contributed by atoms with Crippen LogP contribution in [0.15, 0.2) is 48.5 Å². The van der Waals surface area contributed by atoms with E-state index in [1.165, 1.54) is 47.4 Å². The van der Waals surface area contributed by atoms with Crippen molar-refractivity contribution >= 4 is 17.5 Å². The highest BCUT2D eigenvalue weighted by atomic mass is 19.1. The van der Waals surface area contributed by atoms with Crippen molar-refractivity contribution in [3.05, 3.63) is 60.2 Å². The van der Waals surface area contributed by atoms with Gasteiger partial charge in [0.25, 0.3) is 5.91 Å². The number of halogens is 2. The highest BCUT2D eigenvalue weighted by molar-refractivity contribution is 5.94. The highest BCUT2D eigenvalue weighted by Gasteiger charge is 2.29. The molecule has 0 saturated carbocycles. The Bertz CT molecular complexity index is 802. The topological polar surface area (TPSA) is 58.6 Å². The van der Waals surface area contributed by atoms with Crippen LogP contribution in [0.4, 0.5) is 14.5 Å². The fourth-order valence-electron chi connectivity index (χ4n) is 2.36. The monoisotopic (exact) mass is 376 g/mol. The van der Waals surface area contributed by atoms with Crippen molar-refractivity contribution in [2.24, 2.45) is 0 Å². The van der Waals surface area contributed by atoms with Crippen LogP contribution in [0.2, 0.25) is 0 Å². The third-order valence-corrected chi connectivity index (χ3v) is 3.73. The molecule has 0 aliphatic rings. The third-order valence-electron chi connectivity index (χ3n) is 3.73. The van der Waals surface area contributed by atoms with E-state index >= 15 is 0 Å². The van der Waals surface area contributed by atoms with Crippen LogP contribution in [0.3, 0.4) is 0 Å². The fraction of sp³-hybridized carbons (Fsp3) is 0.300. The molecular formula is C20H22F2N2O3. The number of hydrogen-bond donors (Lipinski definition) is 1. The standard InChI is InChI=1S/C20H22F2N2O3/c1-20(2,3)24(12-18(25)23-15-10-8-14(21)9-11-15)19(26)13-27-17-7-5-4-6-16(17)22/h4-11H,12-13H2,1-3H3,(H,23,25). The number of para-hydroxylation sites is 1. The second kappa shape index (κ2) is 8.62. The minimum atomic E-state index is -0.657. The summed E-state index contributed by atoms with van der Waals surface area (Å²) in [6, 6.07) is 11.1. The average molecular weight is 376 g/mol. The summed E-state index contributed by atoms with van der Waals surface area (Å²) >= 11 is 0. The highest BCUT2D eigenvalue weighted by Crippen LogP contribution is 2.18. The van der Waals surface area contributed by atoms with Gasteiger partial charge in [0.2, 0.25) is 5.91 Å². The van der Waals surface area contributed by atoms with Crippen LogP contribution in [0, 0.1) is 11.6 Å². The molecule has 0 heterocycles. The molecule has 1 N–H and O–H groups in total. The lowest BCUT2D eigenvalue weighted by atomic mass is 10.1. The molecule has 7 heteroatoms. The zero-order valence-corrected chi connectivity index (χ0v) is 15.5. The Kier molecular flexibility index (Phi) is 6.50. The van der Waals surface area contributed by atoms with Crippen molar-refractivity contribution in [3.8, 4) is 5.75 Å². The summed E-state index contributed by atoms with van der Waals surface area (Å²) in [6.07, 6.45) is 0. The predicted molar refractivity (Wildman–Crippen MR) is 98.4 cm³/mol. The fourth-order valence-corrected chi connectivity index (χ4v) is 2.36. The lowest BCUT2D eigenvalue weighted by Gasteiger charge is -2.35. The molecule has 5 nitrogen and oxygen atoms in total. The third kappa shape index (κ3) is 6.06. The number of nitrogens with zero attached hydrogens (tertiary/aromatic N) is 1. The molecule has 2 rings (SSSR count). The summed E-state index contributed by atoms with van der Waals surface area (Å²) in [7, 11) is 0. The molecule has 2 amide bonds. The van der Waals surface area contributed by atoms with Crippen molar-refractivity contribution in [2.75, 3.05) is 18.5 Å². The van der Waals surface area contributed by atoms with Gasteiger partial charge < -0.3 is 15.0 Å². The van der Waals surface area contributed by atoms with E-state index in [0.717, 1.165) is 0 Å². The van der Waals surface area contributed by atoms with Gasteiger partial charge in [-0.05, 0) is 57.2 Å². The molecule has 0 spiro atoms. The smallest absolute Gasteiger partial charge is 0.261 e. The maximum atomic E-state index is 13.6. The first-order valence-electron chi connectivity index (χ1n) is 8.40. The van der Waals surface area contributed by atoms with Crippen LogP contribution < -0.4 is 10.1 Å². The number of carbonyl (C=O) groups is 2. The van der Waals surface area contributed by atoms with Crippen molar-refractivity contribution in [2.45, 2.75) is 26.3 Å². The molecule has 0 fully saturated rings. The summed E-state index contributed by atoms with van der Waals surface area (Å²) < 4.78 is 31.8. The van der Waals surface area contributed by atoms with E-state index < -0.39 is 35.6 Å². The Morgan fingerprint density at radius 3 is 2.26 bits per heavy atom. The Morgan fingerprint density at radius 1 is 1.04 bits per heavy atom.